The van der Waals surface area contributed by atoms with E-state index in [1.54, 1.807) is 0 Å². The lowest BCUT2D eigenvalue weighted by Gasteiger charge is -2.22. The molecule has 1 saturated carbocycles. The van der Waals surface area contributed by atoms with Gasteiger partial charge in [0.1, 0.15) is 0 Å². The van der Waals surface area contributed by atoms with E-state index in [9.17, 15) is 4.79 Å². The van der Waals surface area contributed by atoms with Crippen molar-refractivity contribution in [1.82, 2.24) is 10.2 Å². The lowest BCUT2D eigenvalue weighted by Crippen LogP contribution is -2.39. The van der Waals surface area contributed by atoms with Gasteiger partial charge in [0.25, 0.3) is 0 Å². The van der Waals surface area contributed by atoms with Crippen LogP contribution in [0.4, 0.5) is 0 Å². The monoisotopic (exact) mass is 276 g/mol. The van der Waals surface area contributed by atoms with Crippen LogP contribution in [0.25, 0.3) is 0 Å². The maximum Gasteiger partial charge on any atom is 0.236 e. The first-order valence-electron chi connectivity index (χ1n) is 7.26. The summed E-state index contributed by atoms with van der Waals surface area (Å²) in [5.41, 5.74) is 0. The quantitative estimate of drug-likeness (QED) is 0.665. The molecule has 108 valence electrons. The number of hydrogen-bond acceptors (Lipinski definition) is 2. The van der Waals surface area contributed by atoms with Crippen LogP contribution in [0, 0.1) is 5.92 Å². The van der Waals surface area contributed by atoms with Crippen molar-refractivity contribution in [2.75, 3.05) is 26.2 Å². The summed E-state index contributed by atoms with van der Waals surface area (Å²) in [6.07, 6.45) is 7.25. The smallest absolute Gasteiger partial charge is 0.236 e. The Bertz CT molecular complexity index is 212. The number of rotatable bonds is 10. The zero-order valence-corrected chi connectivity index (χ0v) is 12.7. The maximum atomic E-state index is 12.0. The van der Waals surface area contributed by atoms with E-state index in [0.717, 1.165) is 51.2 Å². The molecule has 1 amide bonds. The molecule has 0 saturated heterocycles. The molecule has 4 heteroatoms. The Morgan fingerprint density at radius 1 is 1.17 bits per heavy atom. The van der Waals surface area contributed by atoms with E-state index in [0.29, 0.717) is 6.54 Å². The Morgan fingerprint density at radius 3 is 2.17 bits per heavy atom. The van der Waals surface area contributed by atoms with Gasteiger partial charge in [-0.3, -0.25) is 4.79 Å². The molecular formula is C14H29ClN2O. The third-order valence-corrected chi connectivity index (χ3v) is 3.32. The predicted octanol–water partition coefficient (Wildman–Crippen LogP) is 2.84. The number of hydrogen-bond donors (Lipinski definition) is 1. The van der Waals surface area contributed by atoms with Crippen molar-refractivity contribution in [3.05, 3.63) is 0 Å². The van der Waals surface area contributed by atoms with Crippen LogP contribution in [-0.4, -0.2) is 37.0 Å². The molecule has 18 heavy (non-hydrogen) atoms. The molecule has 0 radical (unpaired) electrons. The second-order valence-electron chi connectivity index (χ2n) is 5.16. The molecule has 0 heterocycles. The Kier molecular flexibility index (Phi) is 10.5. The van der Waals surface area contributed by atoms with Crippen LogP contribution in [0.1, 0.15) is 52.4 Å². The molecule has 1 aliphatic carbocycles. The van der Waals surface area contributed by atoms with Crippen molar-refractivity contribution < 1.29 is 4.79 Å². The van der Waals surface area contributed by atoms with E-state index in [1.807, 2.05) is 4.90 Å². The fourth-order valence-electron chi connectivity index (χ4n) is 1.88. The van der Waals surface area contributed by atoms with E-state index >= 15 is 0 Å². The van der Waals surface area contributed by atoms with Gasteiger partial charge < -0.3 is 10.2 Å². The summed E-state index contributed by atoms with van der Waals surface area (Å²) < 4.78 is 0. The molecule has 1 N–H and O–H groups in total. The zero-order chi connectivity index (χ0) is 12.5. The first kappa shape index (κ1) is 17.7. The molecule has 0 atom stereocenters. The number of unbranched alkanes of at least 4 members (excludes halogenated alkanes) is 2. The van der Waals surface area contributed by atoms with Crippen LogP contribution in [0.5, 0.6) is 0 Å². The summed E-state index contributed by atoms with van der Waals surface area (Å²) in [6, 6.07) is 0. The van der Waals surface area contributed by atoms with Gasteiger partial charge in [0.05, 0.1) is 6.54 Å². The van der Waals surface area contributed by atoms with Crippen molar-refractivity contribution in [2.24, 2.45) is 5.92 Å². The predicted molar refractivity (Wildman–Crippen MR) is 79.2 cm³/mol. The molecule has 1 rings (SSSR count). The third-order valence-electron chi connectivity index (χ3n) is 3.32. The minimum absolute atomic E-state index is 0. The lowest BCUT2D eigenvalue weighted by atomic mass is 10.2. The summed E-state index contributed by atoms with van der Waals surface area (Å²) >= 11 is 0. The van der Waals surface area contributed by atoms with E-state index in [4.69, 9.17) is 0 Å². The number of carbonyl (C=O) groups is 1. The molecule has 0 spiro atoms. The molecule has 0 bridgehead atoms. The van der Waals surface area contributed by atoms with Gasteiger partial charge in [0, 0.05) is 13.1 Å². The summed E-state index contributed by atoms with van der Waals surface area (Å²) in [6.45, 7) is 7.77. The average molecular weight is 277 g/mol. The highest BCUT2D eigenvalue weighted by atomic mass is 35.5. The van der Waals surface area contributed by atoms with Gasteiger partial charge in [-0.2, -0.15) is 0 Å². The molecule has 0 aromatic heterocycles. The van der Waals surface area contributed by atoms with Gasteiger partial charge in [-0.1, -0.05) is 26.7 Å². The number of halogens is 1. The van der Waals surface area contributed by atoms with Gasteiger partial charge in [-0.25, -0.2) is 0 Å². The molecule has 1 fully saturated rings. The number of carbonyl (C=O) groups excluding carboxylic acids is 1. The largest absolute Gasteiger partial charge is 0.342 e. The molecule has 0 unspecified atom stereocenters. The fourth-order valence-corrected chi connectivity index (χ4v) is 1.88. The average Bonchev–Trinajstić information content (AvgIpc) is 3.13. The second-order valence-corrected chi connectivity index (χ2v) is 5.16. The van der Waals surface area contributed by atoms with Crippen LogP contribution in [0.3, 0.4) is 0 Å². The normalized spacial score (nSPS) is 14.1. The number of nitrogens with zero attached hydrogens (tertiary/aromatic N) is 1. The number of amides is 1. The Hall–Kier alpha value is -0.280. The van der Waals surface area contributed by atoms with Crippen LogP contribution in [0.15, 0.2) is 0 Å². The molecular weight excluding hydrogens is 248 g/mol. The molecule has 3 nitrogen and oxygen atoms in total. The maximum absolute atomic E-state index is 12.0. The van der Waals surface area contributed by atoms with Crippen molar-refractivity contribution in [2.45, 2.75) is 52.4 Å². The van der Waals surface area contributed by atoms with Crippen LogP contribution >= 0.6 is 12.4 Å². The van der Waals surface area contributed by atoms with Crippen molar-refractivity contribution in [3.8, 4) is 0 Å². The highest BCUT2D eigenvalue weighted by Crippen LogP contribution is 2.27. The zero-order valence-electron chi connectivity index (χ0n) is 11.9. The number of nitrogens with one attached hydrogen (secondary N) is 1. The van der Waals surface area contributed by atoms with Gasteiger partial charge in [0.2, 0.25) is 5.91 Å². The second kappa shape index (κ2) is 10.6. The van der Waals surface area contributed by atoms with Crippen LogP contribution in [0.2, 0.25) is 0 Å². The van der Waals surface area contributed by atoms with Gasteiger partial charge >= 0.3 is 0 Å². The minimum atomic E-state index is 0. The van der Waals surface area contributed by atoms with Gasteiger partial charge in [-0.15, -0.1) is 12.4 Å². The Morgan fingerprint density at radius 2 is 1.72 bits per heavy atom. The summed E-state index contributed by atoms with van der Waals surface area (Å²) in [5, 5.41) is 3.29. The highest BCUT2D eigenvalue weighted by molar-refractivity contribution is 5.85. The fraction of sp³-hybridized carbons (Fsp3) is 0.929. The van der Waals surface area contributed by atoms with E-state index < -0.39 is 0 Å². The SMILES string of the molecule is CCCCN(CCCC)C(=O)CNCC1CC1.Cl. The first-order chi connectivity index (χ1) is 8.27. The Labute approximate surface area is 118 Å². The van der Waals surface area contributed by atoms with Crippen molar-refractivity contribution in [3.63, 3.8) is 0 Å². The van der Waals surface area contributed by atoms with Crippen LogP contribution in [-0.2, 0) is 4.79 Å². The third kappa shape index (κ3) is 7.93. The van der Waals surface area contributed by atoms with E-state index in [2.05, 4.69) is 19.2 Å². The van der Waals surface area contributed by atoms with E-state index in [1.165, 1.54) is 12.8 Å². The molecule has 0 aliphatic heterocycles. The first-order valence-corrected chi connectivity index (χ1v) is 7.26. The van der Waals surface area contributed by atoms with Gasteiger partial charge in [-0.05, 0) is 38.1 Å². The summed E-state index contributed by atoms with van der Waals surface area (Å²) in [5.74, 6) is 1.13. The molecule has 1 aliphatic rings. The Balaban J connectivity index is 0.00000289. The minimum Gasteiger partial charge on any atom is -0.342 e. The van der Waals surface area contributed by atoms with Crippen molar-refractivity contribution >= 4 is 18.3 Å². The molecule has 0 aromatic rings. The summed E-state index contributed by atoms with van der Waals surface area (Å²) in [4.78, 5) is 14.1. The highest BCUT2D eigenvalue weighted by Gasteiger charge is 2.21. The van der Waals surface area contributed by atoms with Gasteiger partial charge in [0.15, 0.2) is 0 Å². The van der Waals surface area contributed by atoms with Crippen molar-refractivity contribution in [1.29, 1.82) is 0 Å². The standard InChI is InChI=1S/C14H28N2O.ClH/c1-3-5-9-16(10-6-4-2)14(17)12-15-11-13-7-8-13;/h13,15H,3-12H2,1-2H3;1H. The lowest BCUT2D eigenvalue weighted by molar-refractivity contribution is -0.130. The summed E-state index contributed by atoms with van der Waals surface area (Å²) in [7, 11) is 0. The molecule has 0 aromatic carbocycles. The van der Waals surface area contributed by atoms with E-state index in [-0.39, 0.29) is 18.3 Å². The topological polar surface area (TPSA) is 32.3 Å². The van der Waals surface area contributed by atoms with Crippen LogP contribution < -0.4 is 5.32 Å².